The van der Waals surface area contributed by atoms with E-state index in [9.17, 15) is 9.59 Å². The highest BCUT2D eigenvalue weighted by Gasteiger charge is 2.34. The Bertz CT molecular complexity index is 1160. The van der Waals surface area contributed by atoms with Crippen LogP contribution in [0.2, 0.25) is 0 Å². The average molecular weight is 406 g/mol. The minimum absolute atomic E-state index is 0.0536. The number of benzene rings is 1. The van der Waals surface area contributed by atoms with Gasteiger partial charge in [0.25, 0.3) is 5.56 Å². The smallest absolute Gasteiger partial charge is 0.275 e. The van der Waals surface area contributed by atoms with E-state index < -0.39 is 0 Å². The van der Waals surface area contributed by atoms with Gasteiger partial charge < -0.3 is 9.47 Å². The predicted octanol–water partition coefficient (Wildman–Crippen LogP) is 2.39. The Morgan fingerprint density at radius 2 is 1.90 bits per heavy atom. The van der Waals surface area contributed by atoms with Crippen molar-refractivity contribution in [3.63, 3.8) is 0 Å². The highest BCUT2D eigenvalue weighted by atomic mass is 16.2. The summed E-state index contributed by atoms with van der Waals surface area (Å²) in [6, 6.07) is 7.33. The van der Waals surface area contributed by atoms with Crippen LogP contribution in [0, 0.1) is 6.92 Å². The number of nitrogens with zero attached hydrogens (tertiary/aromatic N) is 6. The van der Waals surface area contributed by atoms with Crippen LogP contribution in [-0.2, 0) is 24.3 Å². The third-order valence-corrected chi connectivity index (χ3v) is 6.35. The first-order valence-electron chi connectivity index (χ1n) is 10.8. The van der Waals surface area contributed by atoms with Crippen molar-refractivity contribution in [1.29, 1.82) is 0 Å². The number of carbonyl (C=O) groups excluding carboxylic acids is 1. The first kappa shape index (κ1) is 19.0. The molecule has 3 aromatic rings. The van der Waals surface area contributed by atoms with Crippen molar-refractivity contribution in [2.45, 2.75) is 64.6 Å². The van der Waals surface area contributed by atoms with Crippen LogP contribution in [0.4, 0.5) is 0 Å². The molecule has 5 rings (SSSR count). The zero-order valence-electron chi connectivity index (χ0n) is 17.3. The second-order valence-electron chi connectivity index (χ2n) is 8.28. The van der Waals surface area contributed by atoms with Gasteiger partial charge in [-0.15, -0.1) is 10.2 Å². The van der Waals surface area contributed by atoms with Crippen LogP contribution in [0.25, 0.3) is 10.8 Å². The molecule has 8 nitrogen and oxygen atoms in total. The minimum atomic E-state index is -0.225. The van der Waals surface area contributed by atoms with Gasteiger partial charge in [-0.3, -0.25) is 9.59 Å². The second kappa shape index (κ2) is 7.66. The topological polar surface area (TPSA) is 85.9 Å². The van der Waals surface area contributed by atoms with Crippen LogP contribution in [0.5, 0.6) is 0 Å². The molecule has 0 unspecified atom stereocenters. The van der Waals surface area contributed by atoms with Crippen LogP contribution in [-0.4, -0.2) is 41.9 Å². The summed E-state index contributed by atoms with van der Waals surface area (Å²) in [7, 11) is 0. The first-order chi connectivity index (χ1) is 14.6. The van der Waals surface area contributed by atoms with E-state index in [4.69, 9.17) is 0 Å². The van der Waals surface area contributed by atoms with Crippen LogP contribution in [0.3, 0.4) is 0 Å². The standard InChI is InChI=1S/C22H26N6O2/c1-15-16-8-4-5-9-17(16)22(30)28(25-15)14-20(29)26-13-7-10-18(26)21-24-23-19-11-3-2-6-12-27(19)21/h4-5,8-9,18H,2-3,6-7,10-14H2,1H3/t18-/m0/s1. The van der Waals surface area contributed by atoms with Crippen LogP contribution < -0.4 is 5.56 Å². The van der Waals surface area contributed by atoms with Gasteiger partial charge in [-0.05, 0) is 38.7 Å². The lowest BCUT2D eigenvalue weighted by Gasteiger charge is -2.25. The van der Waals surface area contributed by atoms with Crippen molar-refractivity contribution < 1.29 is 4.79 Å². The van der Waals surface area contributed by atoms with E-state index in [1.54, 1.807) is 6.07 Å². The number of rotatable bonds is 3. The number of hydrogen-bond acceptors (Lipinski definition) is 5. The molecule has 2 aromatic heterocycles. The zero-order valence-corrected chi connectivity index (χ0v) is 17.3. The van der Waals surface area contributed by atoms with Crippen LogP contribution in [0.15, 0.2) is 29.1 Å². The third kappa shape index (κ3) is 3.20. The summed E-state index contributed by atoms with van der Waals surface area (Å²) in [5.41, 5.74) is 0.524. The van der Waals surface area contributed by atoms with E-state index >= 15 is 0 Å². The summed E-state index contributed by atoms with van der Waals surface area (Å²) < 4.78 is 3.52. The molecule has 0 saturated carbocycles. The maximum atomic E-state index is 13.2. The lowest BCUT2D eigenvalue weighted by Crippen LogP contribution is -2.38. The maximum absolute atomic E-state index is 13.2. The van der Waals surface area contributed by atoms with Crippen molar-refractivity contribution in [2.75, 3.05) is 6.54 Å². The van der Waals surface area contributed by atoms with Gasteiger partial charge in [0.2, 0.25) is 5.91 Å². The number of carbonyl (C=O) groups is 1. The van der Waals surface area contributed by atoms with Gasteiger partial charge in [0.15, 0.2) is 5.82 Å². The molecule has 4 heterocycles. The number of likely N-dealkylation sites (tertiary alicyclic amines) is 1. The molecule has 2 aliphatic rings. The number of fused-ring (bicyclic) bond motifs is 2. The summed E-state index contributed by atoms with van der Waals surface area (Å²) >= 11 is 0. The van der Waals surface area contributed by atoms with Gasteiger partial charge in [-0.2, -0.15) is 5.10 Å². The first-order valence-corrected chi connectivity index (χ1v) is 10.8. The van der Waals surface area contributed by atoms with Crippen LogP contribution in [0.1, 0.15) is 55.5 Å². The Balaban J connectivity index is 1.43. The fourth-order valence-electron chi connectivity index (χ4n) is 4.82. The summed E-state index contributed by atoms with van der Waals surface area (Å²) in [6.07, 6.45) is 6.21. The van der Waals surface area contributed by atoms with Gasteiger partial charge in [-0.25, -0.2) is 4.68 Å². The lowest BCUT2D eigenvalue weighted by molar-refractivity contribution is -0.133. The van der Waals surface area contributed by atoms with Gasteiger partial charge in [0.1, 0.15) is 12.4 Å². The fourth-order valence-corrected chi connectivity index (χ4v) is 4.82. The molecule has 0 spiro atoms. The number of amides is 1. The molecule has 1 aromatic carbocycles. The molecule has 2 aliphatic heterocycles. The van der Waals surface area contributed by atoms with E-state index in [0.29, 0.717) is 11.9 Å². The zero-order chi connectivity index (χ0) is 20.7. The number of aryl methyl sites for hydroxylation is 2. The molecular formula is C22H26N6O2. The molecule has 0 N–H and O–H groups in total. The Morgan fingerprint density at radius 1 is 1.07 bits per heavy atom. The fraction of sp³-hybridized carbons (Fsp3) is 0.500. The van der Waals surface area contributed by atoms with Crippen molar-refractivity contribution >= 4 is 16.7 Å². The minimum Gasteiger partial charge on any atom is -0.331 e. The normalized spacial score (nSPS) is 19.1. The van der Waals surface area contributed by atoms with E-state index in [-0.39, 0.29) is 24.1 Å². The third-order valence-electron chi connectivity index (χ3n) is 6.35. The molecule has 0 radical (unpaired) electrons. The van der Waals surface area contributed by atoms with Gasteiger partial charge in [-0.1, -0.05) is 24.6 Å². The quantitative estimate of drug-likeness (QED) is 0.667. The molecule has 8 heteroatoms. The molecule has 1 saturated heterocycles. The summed E-state index contributed by atoms with van der Waals surface area (Å²) in [6.45, 7) is 3.41. The highest BCUT2D eigenvalue weighted by molar-refractivity contribution is 5.83. The summed E-state index contributed by atoms with van der Waals surface area (Å²) in [5, 5.41) is 14.7. The van der Waals surface area contributed by atoms with Gasteiger partial charge >= 0.3 is 0 Å². The van der Waals surface area contributed by atoms with E-state index in [1.165, 1.54) is 11.1 Å². The van der Waals surface area contributed by atoms with E-state index in [0.717, 1.165) is 61.4 Å². The summed E-state index contributed by atoms with van der Waals surface area (Å²) in [5.74, 6) is 1.84. The SMILES string of the molecule is Cc1nn(CC(=O)N2CCC[C@H]2c2nnc3n2CCCCC3)c(=O)c2ccccc12. The maximum Gasteiger partial charge on any atom is 0.275 e. The molecule has 1 fully saturated rings. The number of hydrogen-bond donors (Lipinski definition) is 0. The largest absolute Gasteiger partial charge is 0.331 e. The van der Waals surface area contributed by atoms with Crippen molar-refractivity contribution in [3.05, 3.63) is 52.0 Å². The van der Waals surface area contributed by atoms with Crippen molar-refractivity contribution in [2.24, 2.45) is 0 Å². The van der Waals surface area contributed by atoms with Crippen molar-refractivity contribution in [1.82, 2.24) is 29.4 Å². The van der Waals surface area contributed by atoms with Crippen LogP contribution >= 0.6 is 0 Å². The molecule has 1 atom stereocenters. The Hall–Kier alpha value is -3.03. The molecule has 0 aliphatic carbocycles. The lowest BCUT2D eigenvalue weighted by atomic mass is 10.1. The predicted molar refractivity (Wildman–Crippen MR) is 112 cm³/mol. The molecule has 0 bridgehead atoms. The molecule has 156 valence electrons. The Labute approximate surface area is 174 Å². The average Bonchev–Trinajstić information content (AvgIpc) is 3.32. The van der Waals surface area contributed by atoms with Gasteiger partial charge in [0, 0.05) is 24.9 Å². The van der Waals surface area contributed by atoms with E-state index in [2.05, 4.69) is 19.9 Å². The molecular weight excluding hydrogens is 380 g/mol. The molecule has 30 heavy (non-hydrogen) atoms. The van der Waals surface area contributed by atoms with Crippen molar-refractivity contribution in [3.8, 4) is 0 Å². The molecule has 1 amide bonds. The summed E-state index contributed by atoms with van der Waals surface area (Å²) in [4.78, 5) is 28.0. The van der Waals surface area contributed by atoms with E-state index in [1.807, 2.05) is 30.0 Å². The monoisotopic (exact) mass is 406 g/mol. The Kier molecular flexibility index (Phi) is 4.84. The Morgan fingerprint density at radius 3 is 2.77 bits per heavy atom. The van der Waals surface area contributed by atoms with Gasteiger partial charge in [0.05, 0.1) is 17.1 Å². The number of aromatic nitrogens is 5. The second-order valence-corrected chi connectivity index (χ2v) is 8.28. The highest BCUT2D eigenvalue weighted by Crippen LogP contribution is 2.32.